The molecule has 2 unspecified atom stereocenters. The number of rotatable bonds is 2. The van der Waals surface area contributed by atoms with Gasteiger partial charge in [-0.05, 0) is 41.8 Å². The van der Waals surface area contributed by atoms with Gasteiger partial charge in [0.1, 0.15) is 12.1 Å². The van der Waals surface area contributed by atoms with Crippen molar-refractivity contribution in [1.82, 2.24) is 9.80 Å². The fourth-order valence-corrected chi connectivity index (χ4v) is 5.92. The van der Waals surface area contributed by atoms with Gasteiger partial charge < -0.3 is 10.2 Å². The molecule has 0 aromatic rings. The highest BCUT2D eigenvalue weighted by Crippen LogP contribution is 2.48. The molecule has 1 aliphatic heterocycles. The first-order valence-corrected chi connectivity index (χ1v) is 9.28. The van der Waals surface area contributed by atoms with E-state index < -0.39 is 33.5 Å². The van der Waals surface area contributed by atoms with Crippen molar-refractivity contribution >= 4 is 33.5 Å². The summed E-state index contributed by atoms with van der Waals surface area (Å²) in [5.74, 6) is -1.70. The Morgan fingerprint density at radius 3 is 1.36 bits per heavy atom. The van der Waals surface area contributed by atoms with Crippen molar-refractivity contribution in [2.45, 2.75) is 49.3 Å². The van der Waals surface area contributed by atoms with E-state index in [0.717, 1.165) is 0 Å². The van der Waals surface area contributed by atoms with Crippen LogP contribution < -0.4 is 0 Å². The first-order chi connectivity index (χ1) is 9.90. The summed E-state index contributed by atoms with van der Waals surface area (Å²) < 4.78 is -1.08. The Kier molecular flexibility index (Phi) is 6.22. The second-order valence-corrected chi connectivity index (χ2v) is 10.3. The van der Waals surface area contributed by atoms with E-state index in [1.54, 1.807) is 23.9 Å². The van der Waals surface area contributed by atoms with Crippen molar-refractivity contribution in [2.75, 3.05) is 27.2 Å². The number of hydrogen-bond acceptors (Lipinski definition) is 6. The van der Waals surface area contributed by atoms with Gasteiger partial charge in [0.05, 0.1) is 0 Å². The van der Waals surface area contributed by atoms with Crippen molar-refractivity contribution in [3.8, 4) is 0 Å². The van der Waals surface area contributed by atoms with E-state index in [1.807, 2.05) is 27.7 Å². The summed E-state index contributed by atoms with van der Waals surface area (Å²) in [6.07, 6.45) is 0. The Bertz CT molecular complexity index is 403. The minimum atomic E-state index is -0.851. The molecule has 0 aliphatic carbocycles. The van der Waals surface area contributed by atoms with E-state index in [-0.39, 0.29) is 0 Å². The predicted octanol–water partition coefficient (Wildman–Crippen LogP) is 1.71. The highest BCUT2D eigenvalue weighted by molar-refractivity contribution is 8.77. The predicted molar refractivity (Wildman–Crippen MR) is 91.4 cm³/mol. The molecule has 1 heterocycles. The van der Waals surface area contributed by atoms with E-state index >= 15 is 0 Å². The third-order valence-electron chi connectivity index (χ3n) is 3.94. The quantitative estimate of drug-likeness (QED) is 0.729. The highest BCUT2D eigenvalue weighted by Gasteiger charge is 2.45. The van der Waals surface area contributed by atoms with Gasteiger partial charge in [-0.3, -0.25) is 19.4 Å². The molecule has 0 aromatic carbocycles. The Hall–Kier alpha value is -0.440. The summed E-state index contributed by atoms with van der Waals surface area (Å²) in [5.41, 5.74) is 0. The number of carboxylic acid groups (broad SMARTS) is 2. The van der Waals surface area contributed by atoms with Gasteiger partial charge in [0.2, 0.25) is 0 Å². The molecule has 1 aliphatic rings. The average Bonchev–Trinajstić information content (AvgIpc) is 2.32. The molecular weight excluding hydrogens is 324 g/mol. The molecule has 0 spiro atoms. The van der Waals surface area contributed by atoms with Crippen molar-refractivity contribution in [2.24, 2.45) is 0 Å². The fourth-order valence-electron chi connectivity index (χ4n) is 2.91. The van der Waals surface area contributed by atoms with Crippen LogP contribution in [0.1, 0.15) is 27.7 Å². The number of nitrogens with zero attached hydrogens (tertiary/aromatic N) is 2. The molecule has 0 radical (unpaired) electrons. The third-order valence-corrected chi connectivity index (χ3v) is 8.16. The molecule has 2 N–H and O–H groups in total. The SMILES string of the molecule is CN1CCN(C)C(C(=O)O)C(C)(C)SSC(C)(C)C1C(=O)O. The highest BCUT2D eigenvalue weighted by atomic mass is 33.1. The zero-order chi connectivity index (χ0) is 17.3. The minimum Gasteiger partial charge on any atom is -0.480 e. The molecule has 0 aromatic heterocycles. The molecule has 22 heavy (non-hydrogen) atoms. The van der Waals surface area contributed by atoms with Crippen LogP contribution in [0.5, 0.6) is 0 Å². The summed E-state index contributed by atoms with van der Waals surface area (Å²) in [6.45, 7) is 8.60. The lowest BCUT2D eigenvalue weighted by atomic mass is 10.0. The van der Waals surface area contributed by atoms with Gasteiger partial charge >= 0.3 is 11.9 Å². The molecule has 1 rings (SSSR count). The number of carbonyl (C=O) groups is 2. The van der Waals surface area contributed by atoms with Gasteiger partial charge in [0, 0.05) is 22.6 Å². The van der Waals surface area contributed by atoms with Crippen LogP contribution in [0.4, 0.5) is 0 Å². The van der Waals surface area contributed by atoms with Crippen LogP contribution in [0.15, 0.2) is 0 Å². The molecule has 1 saturated heterocycles. The number of hydrogen-bond donors (Lipinski definition) is 2. The van der Waals surface area contributed by atoms with Gasteiger partial charge in [0.15, 0.2) is 0 Å². The first kappa shape index (κ1) is 19.6. The minimum absolute atomic E-state index is 0.502. The van der Waals surface area contributed by atoms with Crippen LogP contribution >= 0.6 is 21.6 Å². The standard InChI is InChI=1S/C14H26N2O4S2/c1-13(2)9(11(17)18)15(5)7-8-16(6)10(12(19)20)14(3,4)22-21-13/h9-10H,7-8H2,1-6H3,(H,17,18)(H,19,20). The van der Waals surface area contributed by atoms with E-state index in [2.05, 4.69) is 0 Å². The molecular formula is C14H26N2O4S2. The Morgan fingerprint density at radius 1 is 0.864 bits per heavy atom. The van der Waals surface area contributed by atoms with E-state index in [1.165, 1.54) is 21.6 Å². The second kappa shape index (κ2) is 6.98. The van der Waals surface area contributed by atoms with E-state index in [9.17, 15) is 19.8 Å². The topological polar surface area (TPSA) is 81.1 Å². The smallest absolute Gasteiger partial charge is 0.322 e. The number of likely N-dealkylation sites (N-methyl/N-ethyl adjacent to an activating group) is 2. The van der Waals surface area contributed by atoms with Crippen molar-refractivity contribution in [3.63, 3.8) is 0 Å². The Labute approximate surface area is 140 Å². The van der Waals surface area contributed by atoms with Crippen LogP contribution in [-0.2, 0) is 9.59 Å². The van der Waals surface area contributed by atoms with E-state index in [4.69, 9.17) is 0 Å². The number of carboxylic acids is 2. The molecule has 1 fully saturated rings. The molecule has 128 valence electrons. The van der Waals surface area contributed by atoms with Gasteiger partial charge in [-0.25, -0.2) is 0 Å². The lowest BCUT2D eigenvalue weighted by Gasteiger charge is -2.43. The normalized spacial score (nSPS) is 30.6. The van der Waals surface area contributed by atoms with Crippen LogP contribution in [0.2, 0.25) is 0 Å². The maximum atomic E-state index is 11.7. The van der Waals surface area contributed by atoms with Gasteiger partial charge in [-0.2, -0.15) is 0 Å². The summed E-state index contributed by atoms with van der Waals surface area (Å²) >= 11 is 0. The Morgan fingerprint density at radius 2 is 1.14 bits per heavy atom. The van der Waals surface area contributed by atoms with Crippen LogP contribution in [-0.4, -0.2) is 80.7 Å². The molecule has 0 bridgehead atoms. The van der Waals surface area contributed by atoms with Gasteiger partial charge in [-0.1, -0.05) is 21.6 Å². The van der Waals surface area contributed by atoms with Gasteiger partial charge in [-0.15, -0.1) is 0 Å². The molecule has 2 atom stereocenters. The molecule has 6 nitrogen and oxygen atoms in total. The summed E-state index contributed by atoms with van der Waals surface area (Å²) in [7, 11) is 6.46. The zero-order valence-corrected chi connectivity index (χ0v) is 15.6. The maximum absolute atomic E-state index is 11.7. The van der Waals surface area contributed by atoms with Crippen molar-refractivity contribution in [3.05, 3.63) is 0 Å². The average molecular weight is 351 g/mol. The lowest BCUT2D eigenvalue weighted by Crippen LogP contribution is -2.57. The Balaban J connectivity index is 3.17. The first-order valence-electron chi connectivity index (χ1n) is 7.13. The summed E-state index contributed by atoms with van der Waals surface area (Å²) in [4.78, 5) is 27.0. The van der Waals surface area contributed by atoms with Crippen LogP contribution in [0, 0.1) is 0 Å². The van der Waals surface area contributed by atoms with Crippen molar-refractivity contribution < 1.29 is 19.8 Å². The molecule has 8 heteroatoms. The van der Waals surface area contributed by atoms with Gasteiger partial charge in [0.25, 0.3) is 0 Å². The molecule has 0 amide bonds. The zero-order valence-electron chi connectivity index (χ0n) is 14.0. The third kappa shape index (κ3) is 4.31. The monoisotopic (exact) mass is 350 g/mol. The number of aliphatic carboxylic acids is 2. The largest absolute Gasteiger partial charge is 0.480 e. The molecule has 0 saturated carbocycles. The van der Waals surface area contributed by atoms with E-state index in [0.29, 0.717) is 13.1 Å². The second-order valence-electron chi connectivity index (χ2n) is 6.82. The maximum Gasteiger partial charge on any atom is 0.322 e. The summed E-state index contributed by atoms with van der Waals surface area (Å²) in [6, 6.07) is -1.26. The van der Waals surface area contributed by atoms with Crippen molar-refractivity contribution in [1.29, 1.82) is 0 Å². The van der Waals surface area contributed by atoms with Crippen LogP contribution in [0.25, 0.3) is 0 Å². The fraction of sp³-hybridized carbons (Fsp3) is 0.857. The van der Waals surface area contributed by atoms with Crippen LogP contribution in [0.3, 0.4) is 0 Å². The summed E-state index contributed by atoms with van der Waals surface area (Å²) in [5, 5.41) is 19.2. The lowest BCUT2D eigenvalue weighted by molar-refractivity contribution is -0.146.